The van der Waals surface area contributed by atoms with Gasteiger partial charge in [0, 0.05) is 5.38 Å². The molecule has 2 N–H and O–H groups in total. The van der Waals surface area contributed by atoms with Crippen LogP contribution in [0.3, 0.4) is 0 Å². The summed E-state index contributed by atoms with van der Waals surface area (Å²) in [7, 11) is 0. The van der Waals surface area contributed by atoms with Gasteiger partial charge in [0.2, 0.25) is 0 Å². The van der Waals surface area contributed by atoms with Crippen molar-refractivity contribution in [2.45, 2.75) is 38.3 Å². The number of para-hydroxylation sites is 1. The summed E-state index contributed by atoms with van der Waals surface area (Å²) < 4.78 is 11.3. The predicted molar refractivity (Wildman–Crippen MR) is 97.9 cm³/mol. The largest absolute Gasteiger partial charge is 0.486 e. The smallest absolute Gasteiger partial charge is 0.261 e. The standard InChI is InChI=1S/C17H18N4O2S.ClH/c1-11-19-12(10-24-11)9-22-14-6-3-2-5-13(14)15-20-16(21-23-15)17(18)7-4-8-17;/h2-3,5-6,10H,4,7-9,18H2,1H3;1H. The first kappa shape index (κ1) is 17.8. The van der Waals surface area contributed by atoms with E-state index >= 15 is 0 Å². The molecule has 1 saturated carbocycles. The van der Waals surface area contributed by atoms with Gasteiger partial charge in [-0.05, 0) is 38.3 Å². The second-order valence-corrected chi connectivity index (χ2v) is 7.14. The van der Waals surface area contributed by atoms with Crippen molar-refractivity contribution in [1.29, 1.82) is 0 Å². The summed E-state index contributed by atoms with van der Waals surface area (Å²) in [6, 6.07) is 7.63. The first-order valence-corrected chi connectivity index (χ1v) is 8.78. The Bertz CT molecular complexity index is 860. The monoisotopic (exact) mass is 378 g/mol. The van der Waals surface area contributed by atoms with Crippen molar-refractivity contribution in [3.63, 3.8) is 0 Å². The molecule has 1 aromatic carbocycles. The maximum absolute atomic E-state index is 6.27. The van der Waals surface area contributed by atoms with E-state index in [4.69, 9.17) is 15.0 Å². The van der Waals surface area contributed by atoms with E-state index in [-0.39, 0.29) is 12.4 Å². The van der Waals surface area contributed by atoms with Crippen molar-refractivity contribution in [2.75, 3.05) is 0 Å². The van der Waals surface area contributed by atoms with Gasteiger partial charge in [-0.3, -0.25) is 0 Å². The first-order chi connectivity index (χ1) is 11.6. The van der Waals surface area contributed by atoms with Gasteiger partial charge in [0.05, 0.1) is 21.8 Å². The molecule has 2 aromatic heterocycles. The van der Waals surface area contributed by atoms with Crippen molar-refractivity contribution >= 4 is 23.7 Å². The third kappa shape index (κ3) is 3.53. The van der Waals surface area contributed by atoms with Gasteiger partial charge in [0.1, 0.15) is 12.4 Å². The van der Waals surface area contributed by atoms with E-state index in [0.717, 1.165) is 35.5 Å². The minimum absolute atomic E-state index is 0. The lowest BCUT2D eigenvalue weighted by atomic mass is 9.77. The van der Waals surface area contributed by atoms with Crippen molar-refractivity contribution in [1.82, 2.24) is 15.1 Å². The molecule has 2 heterocycles. The number of aryl methyl sites for hydroxylation is 1. The highest BCUT2D eigenvalue weighted by Crippen LogP contribution is 2.38. The van der Waals surface area contributed by atoms with Gasteiger partial charge in [0.25, 0.3) is 5.89 Å². The maximum atomic E-state index is 6.27. The number of nitrogens with zero attached hydrogens (tertiary/aromatic N) is 3. The average Bonchev–Trinajstić information content (AvgIpc) is 3.20. The summed E-state index contributed by atoms with van der Waals surface area (Å²) in [6.07, 6.45) is 2.90. The van der Waals surface area contributed by atoms with Crippen LogP contribution in [-0.2, 0) is 12.1 Å². The molecule has 132 valence electrons. The third-order valence-electron chi connectivity index (χ3n) is 4.28. The van der Waals surface area contributed by atoms with Crippen LogP contribution >= 0.6 is 23.7 Å². The molecule has 0 radical (unpaired) electrons. The SMILES string of the molecule is Cc1nc(COc2ccccc2-c2nc(C3(N)CCC3)no2)cs1.Cl. The Hall–Kier alpha value is -1.96. The number of ether oxygens (including phenoxy) is 1. The van der Waals surface area contributed by atoms with Crippen LogP contribution in [0.25, 0.3) is 11.5 Å². The zero-order chi connectivity index (χ0) is 16.6. The summed E-state index contributed by atoms with van der Waals surface area (Å²) in [5, 5.41) is 7.09. The lowest BCUT2D eigenvalue weighted by molar-refractivity contribution is 0.229. The van der Waals surface area contributed by atoms with Gasteiger partial charge in [-0.25, -0.2) is 4.98 Å². The number of benzene rings is 1. The molecule has 0 unspecified atom stereocenters. The summed E-state index contributed by atoms with van der Waals surface area (Å²) in [5.74, 6) is 1.71. The van der Waals surface area contributed by atoms with Gasteiger partial charge in [0.15, 0.2) is 5.82 Å². The van der Waals surface area contributed by atoms with E-state index in [1.165, 1.54) is 0 Å². The number of thiazole rings is 1. The van der Waals surface area contributed by atoms with Crippen LogP contribution in [0.4, 0.5) is 0 Å². The Balaban J connectivity index is 0.00000182. The molecule has 8 heteroatoms. The molecule has 3 aromatic rings. The Morgan fingerprint density at radius 1 is 1.28 bits per heavy atom. The number of hydrogen-bond donors (Lipinski definition) is 1. The van der Waals surface area contributed by atoms with Crippen molar-refractivity contribution in [3.8, 4) is 17.2 Å². The number of rotatable bonds is 5. The van der Waals surface area contributed by atoms with Crippen molar-refractivity contribution in [2.24, 2.45) is 5.73 Å². The number of hydrogen-bond acceptors (Lipinski definition) is 7. The Kier molecular flexibility index (Phi) is 5.08. The maximum Gasteiger partial charge on any atom is 0.261 e. The number of nitrogens with two attached hydrogens (primary N) is 1. The van der Waals surface area contributed by atoms with Gasteiger partial charge in [-0.1, -0.05) is 17.3 Å². The number of aromatic nitrogens is 3. The van der Waals surface area contributed by atoms with Crippen molar-refractivity contribution in [3.05, 3.63) is 46.2 Å². The molecule has 4 rings (SSSR count). The Morgan fingerprint density at radius 3 is 2.76 bits per heavy atom. The van der Waals surface area contributed by atoms with E-state index in [1.807, 2.05) is 36.6 Å². The molecule has 6 nitrogen and oxygen atoms in total. The van der Waals surface area contributed by atoms with Crippen molar-refractivity contribution < 1.29 is 9.26 Å². The first-order valence-electron chi connectivity index (χ1n) is 7.90. The van der Waals surface area contributed by atoms with Gasteiger partial charge in [-0.15, -0.1) is 23.7 Å². The molecule has 0 amide bonds. The normalized spacial score (nSPS) is 15.3. The second-order valence-electron chi connectivity index (χ2n) is 6.08. The molecular formula is C17H19ClN4O2S. The lowest BCUT2D eigenvalue weighted by Gasteiger charge is -2.34. The molecule has 1 aliphatic carbocycles. The molecule has 0 atom stereocenters. The van der Waals surface area contributed by atoms with Crippen LogP contribution < -0.4 is 10.5 Å². The van der Waals surface area contributed by atoms with E-state index in [0.29, 0.717) is 24.1 Å². The van der Waals surface area contributed by atoms with E-state index in [9.17, 15) is 0 Å². The zero-order valence-electron chi connectivity index (χ0n) is 13.8. The molecule has 0 saturated heterocycles. The van der Waals surface area contributed by atoms with Gasteiger partial charge < -0.3 is 15.0 Å². The lowest BCUT2D eigenvalue weighted by Crippen LogP contribution is -2.44. The van der Waals surface area contributed by atoms with Crippen LogP contribution in [0.15, 0.2) is 34.2 Å². The Labute approximate surface area is 155 Å². The minimum Gasteiger partial charge on any atom is -0.486 e. The minimum atomic E-state index is -0.435. The molecule has 1 aliphatic rings. The zero-order valence-corrected chi connectivity index (χ0v) is 15.4. The third-order valence-corrected chi connectivity index (χ3v) is 5.10. The molecule has 0 aliphatic heterocycles. The van der Waals surface area contributed by atoms with Crippen LogP contribution in [0.2, 0.25) is 0 Å². The predicted octanol–water partition coefficient (Wildman–Crippen LogP) is 3.84. The average molecular weight is 379 g/mol. The van der Waals surface area contributed by atoms with Gasteiger partial charge >= 0.3 is 0 Å². The fraction of sp³-hybridized carbons (Fsp3) is 0.353. The summed E-state index contributed by atoms with van der Waals surface area (Å²) in [5.41, 5.74) is 7.51. The highest BCUT2D eigenvalue weighted by Gasteiger charge is 2.39. The molecule has 0 spiro atoms. The quantitative estimate of drug-likeness (QED) is 0.725. The van der Waals surface area contributed by atoms with E-state index in [1.54, 1.807) is 11.3 Å². The fourth-order valence-electron chi connectivity index (χ4n) is 2.71. The summed E-state index contributed by atoms with van der Waals surface area (Å²) in [6.45, 7) is 2.38. The van der Waals surface area contributed by atoms with Gasteiger partial charge in [-0.2, -0.15) is 4.98 Å². The highest BCUT2D eigenvalue weighted by atomic mass is 35.5. The number of halogens is 1. The van der Waals surface area contributed by atoms with E-state index in [2.05, 4.69) is 15.1 Å². The molecular weight excluding hydrogens is 360 g/mol. The Morgan fingerprint density at radius 2 is 2.08 bits per heavy atom. The van der Waals surface area contributed by atoms with E-state index < -0.39 is 5.54 Å². The summed E-state index contributed by atoms with van der Waals surface area (Å²) >= 11 is 1.61. The highest BCUT2D eigenvalue weighted by molar-refractivity contribution is 7.09. The summed E-state index contributed by atoms with van der Waals surface area (Å²) in [4.78, 5) is 8.91. The molecule has 1 fully saturated rings. The topological polar surface area (TPSA) is 87.1 Å². The second kappa shape index (κ2) is 7.11. The fourth-order valence-corrected chi connectivity index (χ4v) is 3.31. The van der Waals surface area contributed by atoms with Crippen LogP contribution in [0, 0.1) is 6.92 Å². The van der Waals surface area contributed by atoms with Crippen LogP contribution in [0.1, 0.15) is 35.8 Å². The molecule has 0 bridgehead atoms. The van der Waals surface area contributed by atoms with Crippen LogP contribution in [-0.4, -0.2) is 15.1 Å². The molecule has 25 heavy (non-hydrogen) atoms. The van der Waals surface area contributed by atoms with Crippen LogP contribution in [0.5, 0.6) is 5.75 Å².